The average Bonchev–Trinajstić information content (AvgIpc) is 3.31. The summed E-state index contributed by atoms with van der Waals surface area (Å²) in [6, 6.07) is 12.7. The van der Waals surface area contributed by atoms with Crippen molar-refractivity contribution in [2.75, 3.05) is 18.0 Å². The molecule has 1 saturated heterocycles. The molecule has 0 N–H and O–H groups in total. The van der Waals surface area contributed by atoms with Crippen LogP contribution in [0.5, 0.6) is 0 Å². The van der Waals surface area contributed by atoms with Crippen molar-refractivity contribution in [3.63, 3.8) is 0 Å². The summed E-state index contributed by atoms with van der Waals surface area (Å²) in [7, 11) is -1.79. The van der Waals surface area contributed by atoms with Gasteiger partial charge in [-0.05, 0) is 43.7 Å². The van der Waals surface area contributed by atoms with Crippen LogP contribution < -0.4 is 4.90 Å². The number of anilines is 1. The Hall–Kier alpha value is -2.97. The Morgan fingerprint density at radius 1 is 1.07 bits per heavy atom. The Labute approximate surface area is 175 Å². The van der Waals surface area contributed by atoms with Gasteiger partial charge in [-0.3, -0.25) is 9.17 Å². The van der Waals surface area contributed by atoms with Crippen LogP contribution in [-0.4, -0.2) is 42.1 Å². The van der Waals surface area contributed by atoms with Crippen LogP contribution in [-0.2, 0) is 21.3 Å². The van der Waals surface area contributed by atoms with E-state index in [0.717, 1.165) is 33.3 Å². The lowest BCUT2D eigenvalue weighted by Gasteiger charge is -2.18. The number of rotatable bonds is 4. The fourth-order valence-corrected chi connectivity index (χ4v) is 5.13. The van der Waals surface area contributed by atoms with Crippen LogP contribution in [0.2, 0.25) is 0 Å². The lowest BCUT2D eigenvalue weighted by molar-refractivity contribution is 0.232. The van der Waals surface area contributed by atoms with Gasteiger partial charge in [0.25, 0.3) is 10.1 Å². The SMILES string of the molecule is Cc1ccc(S(=O)(=O)OC2CCN(c3ccc4c5cnccc5n(C)c4n3)C2)cc1. The van der Waals surface area contributed by atoms with Gasteiger partial charge in [0, 0.05) is 43.3 Å². The van der Waals surface area contributed by atoms with Crippen molar-refractivity contribution < 1.29 is 12.6 Å². The minimum absolute atomic E-state index is 0.190. The number of nitrogens with zero attached hydrogens (tertiary/aromatic N) is 4. The summed E-state index contributed by atoms with van der Waals surface area (Å²) in [6.07, 6.45) is 3.86. The highest BCUT2D eigenvalue weighted by molar-refractivity contribution is 7.86. The summed E-state index contributed by atoms with van der Waals surface area (Å²) in [5.41, 5.74) is 2.97. The van der Waals surface area contributed by atoms with E-state index in [1.165, 1.54) is 0 Å². The lowest BCUT2D eigenvalue weighted by Crippen LogP contribution is -2.25. The Kier molecular flexibility index (Phi) is 4.48. The number of hydrogen-bond donors (Lipinski definition) is 0. The molecule has 0 aliphatic carbocycles. The minimum Gasteiger partial charge on any atom is -0.354 e. The second-order valence-corrected chi connectivity index (χ2v) is 9.28. The van der Waals surface area contributed by atoms with Gasteiger partial charge in [0.2, 0.25) is 0 Å². The maximum Gasteiger partial charge on any atom is 0.297 e. The van der Waals surface area contributed by atoms with Crippen LogP contribution in [0.3, 0.4) is 0 Å². The van der Waals surface area contributed by atoms with E-state index in [0.29, 0.717) is 19.5 Å². The van der Waals surface area contributed by atoms with Crippen molar-refractivity contribution in [2.24, 2.45) is 7.05 Å². The van der Waals surface area contributed by atoms with Crippen LogP contribution in [0, 0.1) is 6.92 Å². The fourth-order valence-electron chi connectivity index (χ4n) is 4.04. The molecule has 154 valence electrons. The molecule has 8 heteroatoms. The van der Waals surface area contributed by atoms with Gasteiger partial charge in [-0.2, -0.15) is 8.42 Å². The third-order valence-electron chi connectivity index (χ3n) is 5.67. The number of aryl methyl sites for hydroxylation is 2. The molecule has 1 fully saturated rings. The third kappa shape index (κ3) is 3.22. The van der Waals surface area contributed by atoms with Crippen LogP contribution in [0.1, 0.15) is 12.0 Å². The van der Waals surface area contributed by atoms with Crippen molar-refractivity contribution in [3.05, 3.63) is 60.4 Å². The molecule has 0 amide bonds. The van der Waals surface area contributed by atoms with Crippen LogP contribution in [0.15, 0.2) is 59.8 Å². The molecule has 0 radical (unpaired) electrons. The predicted octanol–water partition coefficient (Wildman–Crippen LogP) is 3.41. The highest BCUT2D eigenvalue weighted by Gasteiger charge is 2.30. The second kappa shape index (κ2) is 7.07. The molecule has 1 atom stereocenters. The molecule has 1 aliphatic rings. The highest BCUT2D eigenvalue weighted by atomic mass is 32.2. The molecule has 4 heterocycles. The molecule has 1 aliphatic heterocycles. The minimum atomic E-state index is -3.78. The number of pyridine rings is 2. The first kappa shape index (κ1) is 19.0. The Bertz CT molecular complexity index is 1350. The molecule has 3 aromatic heterocycles. The fraction of sp³-hybridized carbons (Fsp3) is 0.273. The Balaban J connectivity index is 1.38. The predicted molar refractivity (Wildman–Crippen MR) is 116 cm³/mol. The van der Waals surface area contributed by atoms with E-state index in [9.17, 15) is 8.42 Å². The zero-order valence-electron chi connectivity index (χ0n) is 16.8. The second-order valence-electron chi connectivity index (χ2n) is 7.71. The normalized spacial score (nSPS) is 17.3. The monoisotopic (exact) mass is 422 g/mol. The zero-order chi connectivity index (χ0) is 20.9. The highest BCUT2D eigenvalue weighted by Crippen LogP contribution is 2.30. The van der Waals surface area contributed by atoms with Crippen LogP contribution in [0.4, 0.5) is 5.82 Å². The Morgan fingerprint density at radius 3 is 2.67 bits per heavy atom. The van der Waals surface area contributed by atoms with E-state index in [1.807, 2.05) is 32.3 Å². The first-order chi connectivity index (χ1) is 14.4. The van der Waals surface area contributed by atoms with E-state index >= 15 is 0 Å². The maximum atomic E-state index is 12.6. The van der Waals surface area contributed by atoms with Gasteiger partial charge < -0.3 is 9.47 Å². The largest absolute Gasteiger partial charge is 0.354 e. The molecular formula is C22H22N4O3S. The summed E-state index contributed by atoms with van der Waals surface area (Å²) in [5, 5.41) is 2.12. The van der Waals surface area contributed by atoms with Crippen LogP contribution >= 0.6 is 0 Å². The number of aromatic nitrogens is 3. The van der Waals surface area contributed by atoms with E-state index < -0.39 is 16.2 Å². The molecule has 30 heavy (non-hydrogen) atoms. The molecule has 1 unspecified atom stereocenters. The van der Waals surface area contributed by atoms with Crippen molar-refractivity contribution in [3.8, 4) is 0 Å². The molecule has 0 bridgehead atoms. The average molecular weight is 423 g/mol. The van der Waals surface area contributed by atoms with Crippen molar-refractivity contribution in [1.82, 2.24) is 14.5 Å². The standard InChI is InChI=1S/C22H22N4O3S/c1-15-3-5-17(6-4-15)30(27,28)29-16-10-12-26(14-16)21-8-7-18-19-13-23-11-9-20(19)25(2)22(18)24-21/h3-9,11,13,16H,10,12,14H2,1-2H3. The molecule has 0 spiro atoms. The van der Waals surface area contributed by atoms with Crippen LogP contribution in [0.25, 0.3) is 21.9 Å². The zero-order valence-corrected chi connectivity index (χ0v) is 17.6. The third-order valence-corrected chi connectivity index (χ3v) is 7.04. The van der Waals surface area contributed by atoms with Crippen molar-refractivity contribution in [2.45, 2.75) is 24.3 Å². The van der Waals surface area contributed by atoms with Gasteiger partial charge in [-0.1, -0.05) is 17.7 Å². The summed E-state index contributed by atoms with van der Waals surface area (Å²) >= 11 is 0. The molecule has 5 rings (SSSR count). The summed E-state index contributed by atoms with van der Waals surface area (Å²) in [6.45, 7) is 3.09. The van der Waals surface area contributed by atoms with E-state index in [1.54, 1.807) is 30.5 Å². The number of fused-ring (bicyclic) bond motifs is 3. The summed E-state index contributed by atoms with van der Waals surface area (Å²) in [5.74, 6) is 0.820. The van der Waals surface area contributed by atoms with Gasteiger partial charge in [-0.15, -0.1) is 0 Å². The topological polar surface area (TPSA) is 77.3 Å². The number of benzene rings is 1. The van der Waals surface area contributed by atoms with Gasteiger partial charge in [0.05, 0.1) is 16.5 Å². The first-order valence-corrected chi connectivity index (χ1v) is 11.3. The molecule has 7 nitrogen and oxygen atoms in total. The smallest absolute Gasteiger partial charge is 0.297 e. The molecule has 0 saturated carbocycles. The lowest BCUT2D eigenvalue weighted by atomic mass is 10.2. The van der Waals surface area contributed by atoms with E-state index in [2.05, 4.69) is 20.5 Å². The molecule has 1 aromatic carbocycles. The van der Waals surface area contributed by atoms with Gasteiger partial charge >= 0.3 is 0 Å². The molecule has 4 aromatic rings. The summed E-state index contributed by atoms with van der Waals surface area (Å²) in [4.78, 5) is 11.3. The number of hydrogen-bond acceptors (Lipinski definition) is 6. The van der Waals surface area contributed by atoms with E-state index in [-0.39, 0.29) is 4.90 Å². The van der Waals surface area contributed by atoms with E-state index in [4.69, 9.17) is 9.17 Å². The molecular weight excluding hydrogens is 400 g/mol. The van der Waals surface area contributed by atoms with Crippen molar-refractivity contribution >= 4 is 37.9 Å². The van der Waals surface area contributed by atoms with Crippen molar-refractivity contribution in [1.29, 1.82) is 0 Å². The van der Waals surface area contributed by atoms with Gasteiger partial charge in [-0.25, -0.2) is 4.98 Å². The summed E-state index contributed by atoms with van der Waals surface area (Å²) < 4.78 is 32.8. The van der Waals surface area contributed by atoms with Gasteiger partial charge in [0.1, 0.15) is 11.5 Å². The van der Waals surface area contributed by atoms with Gasteiger partial charge in [0.15, 0.2) is 0 Å². The maximum absolute atomic E-state index is 12.6. The Morgan fingerprint density at radius 2 is 1.87 bits per heavy atom. The quantitative estimate of drug-likeness (QED) is 0.469. The first-order valence-electron chi connectivity index (χ1n) is 9.86.